The van der Waals surface area contributed by atoms with Crippen molar-refractivity contribution in [3.63, 3.8) is 0 Å². The summed E-state index contributed by atoms with van der Waals surface area (Å²) in [7, 11) is -3.92. The lowest BCUT2D eigenvalue weighted by molar-refractivity contribution is 0.592. The summed E-state index contributed by atoms with van der Waals surface area (Å²) in [4.78, 5) is 4.86. The molecule has 0 aliphatic rings. The normalized spacial score (nSPS) is 12.0. The van der Waals surface area contributed by atoms with Crippen LogP contribution in [0.1, 0.15) is 36.5 Å². The lowest BCUT2D eigenvalue weighted by atomic mass is 10.0. The molecule has 5 aromatic rings. The van der Waals surface area contributed by atoms with Gasteiger partial charge in [-0.1, -0.05) is 49.4 Å². The fourth-order valence-electron chi connectivity index (χ4n) is 3.91. The molecule has 0 aliphatic carbocycles. The number of fused-ring (bicyclic) bond motifs is 3. The van der Waals surface area contributed by atoms with Crippen molar-refractivity contribution in [1.29, 1.82) is 0 Å². The monoisotopic (exact) mass is 471 g/mol. The average Bonchev–Trinajstić information content (AvgIpc) is 3.26. The maximum Gasteiger partial charge on any atom is 0.229 e. The molecule has 0 unspecified atom stereocenters. The Morgan fingerprint density at radius 3 is 2.35 bits per heavy atom. The molecule has 34 heavy (non-hydrogen) atoms. The van der Waals surface area contributed by atoms with Gasteiger partial charge in [-0.15, -0.1) is 5.10 Å². The minimum absolute atomic E-state index is 0.165. The molecule has 8 heteroatoms. The molecule has 172 valence electrons. The molecule has 1 N–H and O–H groups in total. The van der Waals surface area contributed by atoms with Crippen molar-refractivity contribution in [2.24, 2.45) is 0 Å². The molecular weight excluding hydrogens is 446 g/mol. The van der Waals surface area contributed by atoms with Crippen LogP contribution in [0.4, 0.5) is 11.5 Å². The lowest BCUT2D eigenvalue weighted by Crippen LogP contribution is -2.06. The van der Waals surface area contributed by atoms with Gasteiger partial charge < -0.3 is 5.32 Å². The van der Waals surface area contributed by atoms with Crippen LogP contribution in [0.2, 0.25) is 0 Å². The molecule has 0 atom stereocenters. The van der Waals surface area contributed by atoms with Gasteiger partial charge in [0.1, 0.15) is 5.82 Å². The molecule has 0 bridgehead atoms. The van der Waals surface area contributed by atoms with E-state index in [0.717, 1.165) is 22.2 Å². The molecule has 0 amide bonds. The van der Waals surface area contributed by atoms with Crippen LogP contribution in [0, 0.1) is 13.8 Å². The number of nitrogens with zero attached hydrogens (tertiary/aromatic N) is 4. The number of aryl methyl sites for hydroxylation is 2. The predicted octanol–water partition coefficient (Wildman–Crippen LogP) is 5.59. The third-order valence-electron chi connectivity index (χ3n) is 6.10. The summed E-state index contributed by atoms with van der Waals surface area (Å²) in [5.74, 6) is 0.846. The largest absolute Gasteiger partial charge is 0.340 e. The lowest BCUT2D eigenvalue weighted by Gasteiger charge is -2.12. The predicted molar refractivity (Wildman–Crippen MR) is 133 cm³/mol. The summed E-state index contributed by atoms with van der Waals surface area (Å²) in [6, 6.07) is 20.5. The molecule has 5 rings (SSSR count). The standard InChI is InChI=1S/C26H25N5O2S/c1-16(2)19-10-13-21(14-11-19)34(32,33)26-25-28-24(27-20-12-9-17(3)18(4)15-20)22-7-5-6-8-23(22)31(25)30-29-26/h5-16H,1-4H3,(H,27,28). The van der Waals surface area contributed by atoms with Gasteiger partial charge in [-0.2, -0.15) is 4.52 Å². The van der Waals surface area contributed by atoms with E-state index >= 15 is 0 Å². The Labute approximate surface area is 198 Å². The Morgan fingerprint density at radius 2 is 1.65 bits per heavy atom. The summed E-state index contributed by atoms with van der Waals surface area (Å²) in [5.41, 5.74) is 5.16. The molecule has 3 aromatic carbocycles. The molecule has 2 aromatic heterocycles. The van der Waals surface area contributed by atoms with Crippen molar-refractivity contribution < 1.29 is 8.42 Å². The van der Waals surface area contributed by atoms with Crippen molar-refractivity contribution in [3.05, 3.63) is 83.4 Å². The van der Waals surface area contributed by atoms with E-state index in [4.69, 9.17) is 4.98 Å². The summed E-state index contributed by atoms with van der Waals surface area (Å²) in [6.45, 7) is 8.23. The van der Waals surface area contributed by atoms with Gasteiger partial charge in [0.2, 0.25) is 14.9 Å². The van der Waals surface area contributed by atoms with E-state index in [1.165, 1.54) is 10.1 Å². The first-order chi connectivity index (χ1) is 16.3. The molecule has 0 saturated heterocycles. The van der Waals surface area contributed by atoms with Gasteiger partial charge in [0.25, 0.3) is 0 Å². The highest BCUT2D eigenvalue weighted by Crippen LogP contribution is 2.30. The molecule has 0 spiro atoms. The zero-order valence-electron chi connectivity index (χ0n) is 19.4. The summed E-state index contributed by atoms with van der Waals surface area (Å²) in [5, 5.41) is 12.2. The number of para-hydroxylation sites is 1. The van der Waals surface area contributed by atoms with E-state index in [2.05, 4.69) is 36.4 Å². The molecule has 7 nitrogen and oxygen atoms in total. The van der Waals surface area contributed by atoms with Gasteiger partial charge in [0, 0.05) is 11.1 Å². The number of anilines is 2. The van der Waals surface area contributed by atoms with Crippen LogP contribution < -0.4 is 5.32 Å². The summed E-state index contributed by atoms with van der Waals surface area (Å²) < 4.78 is 28.5. The van der Waals surface area contributed by atoms with Gasteiger partial charge in [-0.25, -0.2) is 13.4 Å². The maximum atomic E-state index is 13.5. The van der Waals surface area contributed by atoms with Crippen LogP contribution in [-0.4, -0.2) is 28.2 Å². The van der Waals surface area contributed by atoms with E-state index in [9.17, 15) is 8.42 Å². The number of nitrogens with one attached hydrogen (secondary N) is 1. The Balaban J connectivity index is 1.68. The van der Waals surface area contributed by atoms with Crippen molar-refractivity contribution >= 4 is 37.9 Å². The first-order valence-electron chi connectivity index (χ1n) is 11.1. The van der Waals surface area contributed by atoms with E-state index in [1.807, 2.05) is 61.5 Å². The molecule has 0 aliphatic heterocycles. The first-order valence-corrected chi connectivity index (χ1v) is 12.6. The van der Waals surface area contributed by atoms with E-state index < -0.39 is 9.84 Å². The van der Waals surface area contributed by atoms with Gasteiger partial charge in [0.05, 0.1) is 10.4 Å². The summed E-state index contributed by atoms with van der Waals surface area (Å²) >= 11 is 0. The highest BCUT2D eigenvalue weighted by Gasteiger charge is 2.27. The highest BCUT2D eigenvalue weighted by atomic mass is 32.2. The van der Waals surface area contributed by atoms with Crippen LogP contribution in [0.3, 0.4) is 0 Å². The van der Waals surface area contributed by atoms with E-state index in [0.29, 0.717) is 17.3 Å². The minimum Gasteiger partial charge on any atom is -0.340 e. The number of benzene rings is 3. The topological polar surface area (TPSA) is 89.2 Å². The third kappa shape index (κ3) is 3.70. The van der Waals surface area contributed by atoms with Crippen molar-refractivity contribution in [2.75, 3.05) is 5.32 Å². The summed E-state index contributed by atoms with van der Waals surface area (Å²) in [6.07, 6.45) is 0. The second-order valence-electron chi connectivity index (χ2n) is 8.76. The number of rotatable bonds is 5. The highest BCUT2D eigenvalue weighted by molar-refractivity contribution is 7.91. The van der Waals surface area contributed by atoms with Crippen molar-refractivity contribution in [1.82, 2.24) is 19.8 Å². The molecule has 0 saturated carbocycles. The van der Waals surface area contributed by atoms with Gasteiger partial charge in [-0.3, -0.25) is 0 Å². The van der Waals surface area contributed by atoms with E-state index in [-0.39, 0.29) is 15.6 Å². The first kappa shape index (κ1) is 22.0. The van der Waals surface area contributed by atoms with Gasteiger partial charge in [-0.05, 0) is 72.9 Å². The number of hydrogen-bond donors (Lipinski definition) is 1. The van der Waals surface area contributed by atoms with Crippen molar-refractivity contribution in [3.8, 4) is 0 Å². The smallest absolute Gasteiger partial charge is 0.229 e. The fourth-order valence-corrected chi connectivity index (χ4v) is 5.15. The molecule has 0 radical (unpaired) electrons. The Hall–Kier alpha value is -3.78. The zero-order valence-corrected chi connectivity index (χ0v) is 20.3. The zero-order chi connectivity index (χ0) is 24.0. The van der Waals surface area contributed by atoms with Crippen LogP contribution in [0.5, 0.6) is 0 Å². The third-order valence-corrected chi connectivity index (χ3v) is 7.77. The molecule has 2 heterocycles. The SMILES string of the molecule is Cc1ccc(Nc2nc3c(S(=O)(=O)c4ccc(C(C)C)cc4)nnn3c3ccccc23)cc1C. The molecular formula is C26H25N5O2S. The number of aromatic nitrogens is 4. The maximum absolute atomic E-state index is 13.5. The van der Waals surface area contributed by atoms with Gasteiger partial charge >= 0.3 is 0 Å². The average molecular weight is 472 g/mol. The quantitative estimate of drug-likeness (QED) is 0.359. The van der Waals surface area contributed by atoms with E-state index in [1.54, 1.807) is 12.1 Å². The van der Waals surface area contributed by atoms with Gasteiger partial charge in [0.15, 0.2) is 5.65 Å². The second-order valence-corrected chi connectivity index (χ2v) is 10.6. The second kappa shape index (κ2) is 8.22. The Morgan fingerprint density at radius 1 is 0.912 bits per heavy atom. The van der Waals surface area contributed by atoms with Crippen LogP contribution in [0.25, 0.3) is 16.6 Å². The van der Waals surface area contributed by atoms with Crippen molar-refractivity contribution in [2.45, 2.75) is 43.5 Å². The molecule has 0 fully saturated rings. The Kier molecular flexibility index (Phi) is 5.32. The van der Waals surface area contributed by atoms with Crippen LogP contribution in [-0.2, 0) is 9.84 Å². The minimum atomic E-state index is -3.92. The number of hydrogen-bond acceptors (Lipinski definition) is 6. The number of sulfone groups is 1. The fraction of sp³-hybridized carbons (Fsp3) is 0.192. The van der Waals surface area contributed by atoms with Crippen LogP contribution in [0.15, 0.2) is 76.7 Å². The Bertz CT molecular complexity index is 1640. The van der Waals surface area contributed by atoms with Crippen LogP contribution >= 0.6 is 0 Å².